The molecule has 0 aliphatic rings. The Balaban J connectivity index is 0.638. The van der Waals surface area contributed by atoms with Gasteiger partial charge in [0.15, 0.2) is 11.6 Å². The summed E-state index contributed by atoms with van der Waals surface area (Å²) >= 11 is 0. The smallest absolute Gasteiger partial charge is 0.417 e. The molecule has 0 unspecified atom stereocenters. The zero-order valence-electron chi connectivity index (χ0n) is 72.4. The second-order valence-corrected chi connectivity index (χ2v) is 34.2. The molecule has 24 aromatic rings. The Bertz CT molecular complexity index is 9410. The zero-order chi connectivity index (χ0) is 94.6. The van der Waals surface area contributed by atoms with Crippen LogP contribution in [0.5, 0.6) is 0 Å². The third kappa shape index (κ3) is 13.2. The average Bonchev–Trinajstić information content (AvgIpc) is 1.54. The van der Waals surface area contributed by atoms with Gasteiger partial charge in [0, 0.05) is 105 Å². The van der Waals surface area contributed by atoms with Gasteiger partial charge in [0.2, 0.25) is 0 Å². The van der Waals surface area contributed by atoms with Crippen molar-refractivity contribution in [2.24, 2.45) is 0 Å². The molecule has 14 nitrogen and oxygen atoms in total. The highest BCUT2D eigenvalue weighted by molar-refractivity contribution is 6.26. The number of hydrogen-bond acceptors (Lipinski definition) is 10. The fourth-order valence-corrected chi connectivity index (χ4v) is 20.7. The predicted molar refractivity (Wildman–Crippen MR) is 511 cm³/mol. The summed E-state index contributed by atoms with van der Waals surface area (Å²) in [7, 11) is 0. The maximum Gasteiger partial charge on any atom is 0.417 e. The molecule has 0 saturated heterocycles. The van der Waals surface area contributed by atoms with Crippen LogP contribution in [0.3, 0.4) is 0 Å². The predicted octanol–water partition coefficient (Wildman–Crippen LogP) is 30.6. The van der Waals surface area contributed by atoms with Gasteiger partial charge in [-0.15, -0.1) is 0 Å². The number of halogens is 12. The van der Waals surface area contributed by atoms with E-state index in [-0.39, 0.29) is 45.6 Å². The standard InChI is InChI=1S/C112H62F12N12O2/c1-58-127-59(2)130-107(129-58)64-39-47-89-77(54-64)69-21-5-10-30-85(69)134(89)92-33-14-18-66(56-125)99(92)78-52-62(101-80(109(113,114)115)25-16-26-81(101)110(116,117)118)37-44-90(78)133-84-29-9-4-20-68(84)76-55-65(40-46-88(76)133)108-131-60(3)128-98(132-108)51-61-36-41-71-73-43-48-94-103(106(73)138-97(71)50-61)74-23-6-11-31-86(74)135(94)91-45-38-63(102-82(111(119,120)121)27-17-28-83(102)112(122,123)124)53-79(91)100-67(57-126)19-15-34-93(100)136-87-32-12-7-24-75(87)104-95(136)49-42-72-70-22-8-13-35-96(70)137-105(72)104/h4-50,52-55H,51H2,1-3H3. The lowest BCUT2D eigenvalue weighted by Gasteiger charge is -2.23. The molecular weight excluding hydrogens is 1770 g/mol. The molecule has 0 aliphatic carbocycles. The van der Waals surface area contributed by atoms with E-state index < -0.39 is 69.2 Å². The first kappa shape index (κ1) is 83.5. The van der Waals surface area contributed by atoms with E-state index in [4.69, 9.17) is 23.8 Å². The van der Waals surface area contributed by atoms with Crippen LogP contribution in [0, 0.1) is 43.4 Å². The molecule has 26 heteroatoms. The number of nitrogens with zero attached hydrogens (tertiary/aromatic N) is 12. The number of benzene rings is 16. The van der Waals surface area contributed by atoms with E-state index >= 15 is 52.7 Å². The Morgan fingerprint density at radius 3 is 1.09 bits per heavy atom. The van der Waals surface area contributed by atoms with Crippen LogP contribution in [-0.2, 0) is 31.1 Å². The number of para-hydroxylation sites is 5. The molecule has 0 spiro atoms. The molecule has 16 aromatic carbocycles. The number of rotatable bonds is 12. The van der Waals surface area contributed by atoms with Crippen molar-refractivity contribution in [2.75, 3.05) is 0 Å². The molecule has 8 heterocycles. The molecule has 0 fully saturated rings. The van der Waals surface area contributed by atoms with E-state index in [9.17, 15) is 10.5 Å². The second-order valence-electron chi connectivity index (χ2n) is 34.2. The number of nitriles is 2. The Kier molecular flexibility index (Phi) is 18.6. The van der Waals surface area contributed by atoms with E-state index in [2.05, 4.69) is 27.1 Å². The first-order chi connectivity index (χ1) is 66.6. The molecular formula is C112H62F12N12O2. The van der Waals surface area contributed by atoms with Crippen molar-refractivity contribution in [1.29, 1.82) is 10.5 Å². The second kappa shape index (κ2) is 30.8. The lowest BCUT2D eigenvalue weighted by molar-refractivity contribution is -0.143. The number of furan rings is 2. The maximum absolute atomic E-state index is 15.5. The normalized spacial score (nSPS) is 12.5. The summed E-state index contributed by atoms with van der Waals surface area (Å²) in [6, 6.07) is 89.1. The van der Waals surface area contributed by atoms with Crippen LogP contribution in [0.4, 0.5) is 52.7 Å². The van der Waals surface area contributed by atoms with E-state index in [0.717, 1.165) is 55.4 Å². The number of aryl methyl sites for hydroxylation is 3. The van der Waals surface area contributed by atoms with Crippen molar-refractivity contribution in [3.63, 3.8) is 0 Å². The van der Waals surface area contributed by atoms with Crippen LogP contribution in [-0.4, -0.2) is 48.2 Å². The van der Waals surface area contributed by atoms with Gasteiger partial charge < -0.3 is 27.1 Å². The summed E-state index contributed by atoms with van der Waals surface area (Å²) in [4.78, 5) is 28.5. The highest BCUT2D eigenvalue weighted by Crippen LogP contribution is 2.54. The van der Waals surface area contributed by atoms with E-state index in [1.165, 1.54) is 36.4 Å². The Morgan fingerprint density at radius 1 is 0.275 bits per heavy atom. The first-order valence-corrected chi connectivity index (χ1v) is 43.7. The number of hydrogen-bond donors (Lipinski definition) is 0. The van der Waals surface area contributed by atoms with Gasteiger partial charge in [-0.05, 0) is 207 Å². The third-order valence-electron chi connectivity index (χ3n) is 26.1. The van der Waals surface area contributed by atoms with Crippen molar-refractivity contribution >= 4 is 131 Å². The van der Waals surface area contributed by atoms with Crippen LogP contribution in [0.15, 0.2) is 318 Å². The number of fused-ring (bicyclic) bond motifs is 20. The van der Waals surface area contributed by atoms with Crippen molar-refractivity contribution in [3.05, 3.63) is 372 Å². The summed E-state index contributed by atoms with van der Waals surface area (Å²) in [6.45, 7) is 5.27. The van der Waals surface area contributed by atoms with Crippen molar-refractivity contribution in [1.82, 2.24) is 48.2 Å². The van der Waals surface area contributed by atoms with Crippen LogP contribution >= 0.6 is 0 Å². The summed E-state index contributed by atoms with van der Waals surface area (Å²) in [5, 5.41) is 31.7. The van der Waals surface area contributed by atoms with Gasteiger partial charge in [0.1, 0.15) is 45.6 Å². The molecule has 0 N–H and O–H groups in total. The van der Waals surface area contributed by atoms with Gasteiger partial charge in [0.25, 0.3) is 0 Å². The van der Waals surface area contributed by atoms with Gasteiger partial charge in [0.05, 0.1) is 123 Å². The summed E-state index contributed by atoms with van der Waals surface area (Å²) in [5.74, 6) is 2.48. The molecule has 24 rings (SSSR count). The van der Waals surface area contributed by atoms with E-state index in [0.29, 0.717) is 181 Å². The van der Waals surface area contributed by atoms with Crippen LogP contribution < -0.4 is 0 Å². The lowest BCUT2D eigenvalue weighted by Crippen LogP contribution is -2.14. The lowest BCUT2D eigenvalue weighted by atomic mass is 9.89. The minimum absolute atomic E-state index is 0.0486. The van der Waals surface area contributed by atoms with Gasteiger partial charge in [-0.2, -0.15) is 63.2 Å². The minimum Gasteiger partial charge on any atom is -0.455 e. The first-order valence-electron chi connectivity index (χ1n) is 43.7. The Labute approximate surface area is 772 Å². The number of alkyl halides is 12. The molecule has 0 bridgehead atoms. The van der Waals surface area contributed by atoms with Crippen LogP contribution in [0.2, 0.25) is 0 Å². The van der Waals surface area contributed by atoms with Crippen molar-refractivity contribution < 1.29 is 61.5 Å². The van der Waals surface area contributed by atoms with Crippen LogP contribution in [0.25, 0.3) is 221 Å². The van der Waals surface area contributed by atoms with Crippen LogP contribution in [0.1, 0.15) is 62.2 Å². The maximum atomic E-state index is 15.5. The van der Waals surface area contributed by atoms with Gasteiger partial charge in [-0.1, -0.05) is 140 Å². The van der Waals surface area contributed by atoms with Gasteiger partial charge in [-0.3, -0.25) is 0 Å². The SMILES string of the molecule is Cc1nc(C)nc(-c2ccc3c(c2)c2ccccc2n3-c2cccc(C#N)c2-c2cc(-c3c(C(F)(F)F)cccc3C(F)(F)F)ccc2-n2c3ccccc3c3cc(-c4nc(C)nc(Cc5ccc6c(c5)oc5c6ccc6c5c5ccccc5n6-c5ccc(-c6c(C(F)(F)F)cccc6C(F)(F)F)cc5-c5c(C#N)cccc5-n5c6ccccc6c6c7oc8ccccc8c7ccc65)n4)ccc32)n1. The van der Waals surface area contributed by atoms with Gasteiger partial charge in [-0.25, -0.2) is 29.9 Å². The quantitative estimate of drug-likeness (QED) is 0.107. The molecule has 0 atom stereocenters. The molecule has 0 amide bonds. The number of aromatic nitrogens is 10. The topological polar surface area (TPSA) is 171 Å². The monoisotopic (exact) mass is 1830 g/mol. The molecule has 0 radical (unpaired) electrons. The molecule has 666 valence electrons. The average molecular weight is 1840 g/mol. The molecule has 138 heavy (non-hydrogen) atoms. The fraction of sp³-hybridized carbons (Fsp3) is 0.0714. The Morgan fingerprint density at radius 2 is 0.630 bits per heavy atom. The summed E-state index contributed by atoms with van der Waals surface area (Å²) < 4.78 is 207. The van der Waals surface area contributed by atoms with Gasteiger partial charge >= 0.3 is 24.7 Å². The summed E-state index contributed by atoms with van der Waals surface area (Å²) in [6.07, 6.45) is -20.9. The summed E-state index contributed by atoms with van der Waals surface area (Å²) in [5.41, 5.74) is 1.85. The largest absolute Gasteiger partial charge is 0.455 e. The minimum atomic E-state index is -5.26. The van der Waals surface area contributed by atoms with E-state index in [1.807, 2.05) is 218 Å². The highest BCUT2D eigenvalue weighted by Gasteiger charge is 2.44. The fourth-order valence-electron chi connectivity index (χ4n) is 20.7. The molecule has 8 aromatic heterocycles. The van der Waals surface area contributed by atoms with Crippen molar-refractivity contribution in [2.45, 2.75) is 51.9 Å². The van der Waals surface area contributed by atoms with E-state index in [1.54, 1.807) is 57.2 Å². The zero-order valence-corrected chi connectivity index (χ0v) is 72.4. The van der Waals surface area contributed by atoms with Crippen molar-refractivity contribution in [3.8, 4) is 102 Å². The molecule has 0 saturated carbocycles. The molecule has 0 aliphatic heterocycles. The highest BCUT2D eigenvalue weighted by atomic mass is 19.4. The Hall–Kier alpha value is -17.5. The third-order valence-corrected chi connectivity index (χ3v) is 26.1.